The summed E-state index contributed by atoms with van der Waals surface area (Å²) in [7, 11) is 0. The monoisotopic (exact) mass is 347 g/mol. The number of halogens is 1. The molecule has 1 unspecified atom stereocenters. The Labute approximate surface area is 147 Å². The fourth-order valence-electron chi connectivity index (χ4n) is 2.14. The van der Waals surface area contributed by atoms with Crippen molar-refractivity contribution in [3.63, 3.8) is 0 Å². The van der Waals surface area contributed by atoms with Gasteiger partial charge in [-0.2, -0.15) is 0 Å². The summed E-state index contributed by atoms with van der Waals surface area (Å²) in [5.41, 5.74) is 2.22. The van der Waals surface area contributed by atoms with E-state index in [0.29, 0.717) is 23.9 Å². The first-order valence-electron chi connectivity index (χ1n) is 7.85. The van der Waals surface area contributed by atoms with Crippen LogP contribution in [0, 0.1) is 13.8 Å². The van der Waals surface area contributed by atoms with Crippen LogP contribution in [0.15, 0.2) is 42.5 Å². The second kappa shape index (κ2) is 8.60. The highest BCUT2D eigenvalue weighted by molar-refractivity contribution is 6.30. The molecule has 2 rings (SSSR count). The standard InChI is InChI=1S/C19H22ClNO3/c1-13-7-8-14(2)18(11-13)23-10-9-21-19(22)15(3)24-17-6-4-5-16(20)12-17/h4-8,11-12,15H,9-10H2,1-3H3,(H,21,22). The van der Waals surface area contributed by atoms with E-state index < -0.39 is 6.10 Å². The zero-order chi connectivity index (χ0) is 17.5. The van der Waals surface area contributed by atoms with Crippen molar-refractivity contribution in [2.45, 2.75) is 26.9 Å². The maximum Gasteiger partial charge on any atom is 0.260 e. The predicted octanol–water partition coefficient (Wildman–Crippen LogP) is 3.92. The molecular weight excluding hydrogens is 326 g/mol. The number of carbonyl (C=O) groups excluding carboxylic acids is 1. The maximum atomic E-state index is 12.0. The van der Waals surface area contributed by atoms with Gasteiger partial charge in [-0.25, -0.2) is 0 Å². The zero-order valence-electron chi connectivity index (χ0n) is 14.1. The van der Waals surface area contributed by atoms with Gasteiger partial charge < -0.3 is 14.8 Å². The van der Waals surface area contributed by atoms with Crippen LogP contribution < -0.4 is 14.8 Å². The molecule has 0 aromatic heterocycles. The number of carbonyl (C=O) groups is 1. The third kappa shape index (κ3) is 5.46. The van der Waals surface area contributed by atoms with Gasteiger partial charge in [0.1, 0.15) is 18.1 Å². The smallest absolute Gasteiger partial charge is 0.260 e. The Kier molecular flexibility index (Phi) is 6.50. The number of rotatable bonds is 7. The van der Waals surface area contributed by atoms with Crippen LogP contribution >= 0.6 is 11.6 Å². The van der Waals surface area contributed by atoms with Gasteiger partial charge in [0, 0.05) is 5.02 Å². The lowest BCUT2D eigenvalue weighted by molar-refractivity contribution is -0.127. The van der Waals surface area contributed by atoms with Crippen LogP contribution in [0.25, 0.3) is 0 Å². The van der Waals surface area contributed by atoms with Crippen molar-refractivity contribution in [2.24, 2.45) is 0 Å². The fourth-order valence-corrected chi connectivity index (χ4v) is 2.32. The molecule has 0 heterocycles. The molecule has 1 amide bonds. The van der Waals surface area contributed by atoms with Gasteiger partial charge in [-0.05, 0) is 56.2 Å². The van der Waals surface area contributed by atoms with Gasteiger partial charge in [0.15, 0.2) is 6.10 Å². The molecule has 0 saturated heterocycles. The zero-order valence-corrected chi connectivity index (χ0v) is 14.9. The second-order valence-corrected chi connectivity index (χ2v) is 6.06. The molecular formula is C19H22ClNO3. The molecule has 0 saturated carbocycles. The Bertz CT molecular complexity index is 703. The highest BCUT2D eigenvalue weighted by Crippen LogP contribution is 2.19. The maximum absolute atomic E-state index is 12.0. The van der Waals surface area contributed by atoms with Crippen LogP contribution in [0.4, 0.5) is 0 Å². The minimum absolute atomic E-state index is 0.195. The number of hydrogen-bond donors (Lipinski definition) is 1. The fraction of sp³-hybridized carbons (Fsp3) is 0.316. The SMILES string of the molecule is Cc1ccc(C)c(OCCNC(=O)C(C)Oc2cccc(Cl)c2)c1. The molecule has 1 atom stereocenters. The highest BCUT2D eigenvalue weighted by atomic mass is 35.5. The average Bonchev–Trinajstić information content (AvgIpc) is 2.54. The Morgan fingerprint density at radius 1 is 1.21 bits per heavy atom. The van der Waals surface area contributed by atoms with Crippen molar-refractivity contribution in [2.75, 3.05) is 13.2 Å². The third-order valence-electron chi connectivity index (χ3n) is 3.48. The molecule has 2 aromatic carbocycles. The molecule has 4 nitrogen and oxygen atoms in total. The minimum atomic E-state index is -0.607. The van der Waals surface area contributed by atoms with Gasteiger partial charge in [0.25, 0.3) is 5.91 Å². The lowest BCUT2D eigenvalue weighted by Crippen LogP contribution is -2.38. The van der Waals surface area contributed by atoms with Crippen LogP contribution in [0.5, 0.6) is 11.5 Å². The van der Waals surface area contributed by atoms with E-state index in [9.17, 15) is 4.79 Å². The molecule has 0 radical (unpaired) electrons. The molecule has 24 heavy (non-hydrogen) atoms. The van der Waals surface area contributed by atoms with Gasteiger partial charge in [-0.3, -0.25) is 4.79 Å². The first kappa shape index (κ1) is 18.1. The molecule has 0 bridgehead atoms. The minimum Gasteiger partial charge on any atom is -0.491 e. The van der Waals surface area contributed by atoms with Crippen molar-refractivity contribution in [1.29, 1.82) is 0 Å². The number of benzene rings is 2. The van der Waals surface area contributed by atoms with Crippen molar-refractivity contribution < 1.29 is 14.3 Å². The van der Waals surface area contributed by atoms with E-state index in [0.717, 1.165) is 16.9 Å². The third-order valence-corrected chi connectivity index (χ3v) is 3.72. The van der Waals surface area contributed by atoms with Crippen molar-refractivity contribution in [3.8, 4) is 11.5 Å². The number of aryl methyl sites for hydroxylation is 2. The summed E-state index contributed by atoms with van der Waals surface area (Å²) in [6.45, 7) is 6.52. The van der Waals surface area contributed by atoms with Gasteiger partial charge in [-0.1, -0.05) is 29.8 Å². The van der Waals surface area contributed by atoms with E-state index in [-0.39, 0.29) is 5.91 Å². The molecule has 0 aliphatic rings. The molecule has 128 valence electrons. The van der Waals surface area contributed by atoms with E-state index in [1.807, 2.05) is 32.0 Å². The average molecular weight is 348 g/mol. The van der Waals surface area contributed by atoms with Gasteiger partial charge >= 0.3 is 0 Å². The Hall–Kier alpha value is -2.20. The van der Waals surface area contributed by atoms with Gasteiger partial charge in [0.2, 0.25) is 0 Å². The topological polar surface area (TPSA) is 47.6 Å². The summed E-state index contributed by atoms with van der Waals surface area (Å²) >= 11 is 5.90. The summed E-state index contributed by atoms with van der Waals surface area (Å²) in [6, 6.07) is 13.0. The molecule has 1 N–H and O–H groups in total. The second-order valence-electron chi connectivity index (χ2n) is 5.63. The van der Waals surface area contributed by atoms with Crippen LogP contribution in [0.3, 0.4) is 0 Å². The summed E-state index contributed by atoms with van der Waals surface area (Å²) in [5, 5.41) is 3.37. The number of ether oxygens (including phenoxy) is 2. The predicted molar refractivity (Wildman–Crippen MR) is 96.0 cm³/mol. The summed E-state index contributed by atoms with van der Waals surface area (Å²) in [6.07, 6.45) is -0.607. The van der Waals surface area contributed by atoms with Gasteiger partial charge in [-0.15, -0.1) is 0 Å². The van der Waals surface area contributed by atoms with E-state index >= 15 is 0 Å². The molecule has 0 aliphatic heterocycles. The highest BCUT2D eigenvalue weighted by Gasteiger charge is 2.14. The Balaban J connectivity index is 1.75. The largest absolute Gasteiger partial charge is 0.491 e. The Morgan fingerprint density at radius 2 is 2.00 bits per heavy atom. The molecule has 0 fully saturated rings. The number of amides is 1. The summed E-state index contributed by atoms with van der Waals surface area (Å²) in [5.74, 6) is 1.21. The molecule has 5 heteroatoms. The number of nitrogens with one attached hydrogen (secondary N) is 1. The first-order valence-corrected chi connectivity index (χ1v) is 8.23. The first-order chi connectivity index (χ1) is 11.5. The quantitative estimate of drug-likeness (QED) is 0.772. The summed E-state index contributed by atoms with van der Waals surface area (Å²) < 4.78 is 11.3. The lowest BCUT2D eigenvalue weighted by atomic mass is 10.1. The van der Waals surface area contributed by atoms with Crippen molar-refractivity contribution in [1.82, 2.24) is 5.32 Å². The molecule has 0 spiro atoms. The molecule has 0 aliphatic carbocycles. The van der Waals surface area contributed by atoms with E-state index in [4.69, 9.17) is 21.1 Å². The van der Waals surface area contributed by atoms with E-state index in [2.05, 4.69) is 5.32 Å². The van der Waals surface area contributed by atoms with Crippen LogP contribution in [-0.2, 0) is 4.79 Å². The van der Waals surface area contributed by atoms with Crippen LogP contribution in [0.2, 0.25) is 5.02 Å². The summed E-state index contributed by atoms with van der Waals surface area (Å²) in [4.78, 5) is 12.0. The van der Waals surface area contributed by atoms with E-state index in [1.165, 1.54) is 0 Å². The van der Waals surface area contributed by atoms with Gasteiger partial charge in [0.05, 0.1) is 6.54 Å². The van der Waals surface area contributed by atoms with Crippen LogP contribution in [0.1, 0.15) is 18.1 Å². The molecule has 2 aromatic rings. The van der Waals surface area contributed by atoms with Crippen molar-refractivity contribution >= 4 is 17.5 Å². The number of hydrogen-bond acceptors (Lipinski definition) is 3. The van der Waals surface area contributed by atoms with Crippen LogP contribution in [-0.4, -0.2) is 25.2 Å². The lowest BCUT2D eigenvalue weighted by Gasteiger charge is -2.15. The Morgan fingerprint density at radius 3 is 2.75 bits per heavy atom. The normalized spacial score (nSPS) is 11.7. The van der Waals surface area contributed by atoms with Crippen molar-refractivity contribution in [3.05, 3.63) is 58.6 Å². The van der Waals surface area contributed by atoms with E-state index in [1.54, 1.807) is 31.2 Å².